The van der Waals surface area contributed by atoms with Gasteiger partial charge in [-0.3, -0.25) is 4.79 Å². The van der Waals surface area contributed by atoms with E-state index in [1.807, 2.05) is 0 Å². The number of hydrogen-bond donors (Lipinski definition) is 0. The van der Waals surface area contributed by atoms with Crippen molar-refractivity contribution in [3.05, 3.63) is 35.5 Å². The SMILES string of the molecule is CCN(CC)CCn1c2c(c3ccccc31)CCCC2=O. The van der Waals surface area contributed by atoms with E-state index < -0.39 is 0 Å². The van der Waals surface area contributed by atoms with Crippen molar-refractivity contribution in [1.82, 2.24) is 9.47 Å². The largest absolute Gasteiger partial charge is 0.337 e. The van der Waals surface area contributed by atoms with Crippen LogP contribution in [0, 0.1) is 0 Å². The molecule has 1 aliphatic carbocycles. The first kappa shape index (κ1) is 14.3. The molecule has 2 aromatic rings. The van der Waals surface area contributed by atoms with E-state index in [1.165, 1.54) is 16.5 Å². The number of likely N-dealkylation sites (N-methyl/N-ethyl adjacent to an activating group) is 1. The molecular weight excluding hydrogens is 260 g/mol. The predicted octanol–water partition coefficient (Wildman–Crippen LogP) is 3.50. The van der Waals surface area contributed by atoms with Gasteiger partial charge in [0.2, 0.25) is 0 Å². The highest BCUT2D eigenvalue weighted by molar-refractivity contribution is 6.04. The molecule has 0 fully saturated rings. The summed E-state index contributed by atoms with van der Waals surface area (Å²) >= 11 is 0. The predicted molar refractivity (Wildman–Crippen MR) is 87.0 cm³/mol. The van der Waals surface area contributed by atoms with E-state index in [0.29, 0.717) is 12.2 Å². The van der Waals surface area contributed by atoms with Gasteiger partial charge in [0, 0.05) is 30.4 Å². The van der Waals surface area contributed by atoms with E-state index in [4.69, 9.17) is 0 Å². The summed E-state index contributed by atoms with van der Waals surface area (Å²) < 4.78 is 2.27. The Morgan fingerprint density at radius 2 is 1.90 bits per heavy atom. The lowest BCUT2D eigenvalue weighted by Crippen LogP contribution is -2.28. The highest BCUT2D eigenvalue weighted by atomic mass is 16.1. The molecule has 3 nitrogen and oxygen atoms in total. The summed E-state index contributed by atoms with van der Waals surface area (Å²) in [5, 5.41) is 1.28. The summed E-state index contributed by atoms with van der Waals surface area (Å²) in [7, 11) is 0. The maximum atomic E-state index is 12.4. The molecule has 21 heavy (non-hydrogen) atoms. The Balaban J connectivity index is 2.04. The van der Waals surface area contributed by atoms with Gasteiger partial charge in [-0.05, 0) is 37.6 Å². The third kappa shape index (κ3) is 2.51. The number of ketones is 1. The molecule has 0 atom stereocenters. The molecule has 1 aliphatic rings. The van der Waals surface area contributed by atoms with Crippen molar-refractivity contribution in [2.45, 2.75) is 39.7 Å². The average Bonchev–Trinajstić information content (AvgIpc) is 2.84. The van der Waals surface area contributed by atoms with Crippen molar-refractivity contribution in [3.63, 3.8) is 0 Å². The third-order valence-electron chi connectivity index (χ3n) is 4.70. The fourth-order valence-corrected chi connectivity index (χ4v) is 3.50. The van der Waals surface area contributed by atoms with Gasteiger partial charge in [-0.15, -0.1) is 0 Å². The Bertz CT molecular complexity index is 653. The molecule has 1 aromatic heterocycles. The minimum Gasteiger partial charge on any atom is -0.337 e. The fourth-order valence-electron chi connectivity index (χ4n) is 3.50. The van der Waals surface area contributed by atoms with Crippen molar-refractivity contribution >= 4 is 16.7 Å². The molecule has 0 bridgehead atoms. The quantitative estimate of drug-likeness (QED) is 0.839. The summed E-state index contributed by atoms with van der Waals surface area (Å²) in [4.78, 5) is 14.8. The summed E-state index contributed by atoms with van der Waals surface area (Å²) in [6.07, 6.45) is 2.74. The highest BCUT2D eigenvalue weighted by Crippen LogP contribution is 2.32. The second-order valence-electron chi connectivity index (χ2n) is 5.80. The number of carbonyl (C=O) groups excluding carboxylic acids is 1. The zero-order valence-corrected chi connectivity index (χ0v) is 13.1. The molecule has 1 heterocycles. The average molecular weight is 284 g/mol. The first-order chi connectivity index (χ1) is 10.3. The van der Waals surface area contributed by atoms with Crippen LogP contribution in [-0.2, 0) is 13.0 Å². The molecule has 0 amide bonds. The van der Waals surface area contributed by atoms with Crippen molar-refractivity contribution in [3.8, 4) is 0 Å². The van der Waals surface area contributed by atoms with Crippen LogP contribution >= 0.6 is 0 Å². The lowest BCUT2D eigenvalue weighted by molar-refractivity contribution is 0.0962. The van der Waals surface area contributed by atoms with Gasteiger partial charge in [-0.25, -0.2) is 0 Å². The maximum Gasteiger partial charge on any atom is 0.179 e. The minimum atomic E-state index is 0.326. The first-order valence-electron chi connectivity index (χ1n) is 8.11. The van der Waals surface area contributed by atoms with Crippen molar-refractivity contribution in [2.24, 2.45) is 0 Å². The number of Topliss-reactive ketones (excluding diaryl/α,β-unsaturated/α-hetero) is 1. The lowest BCUT2D eigenvalue weighted by atomic mass is 9.94. The monoisotopic (exact) mass is 284 g/mol. The van der Waals surface area contributed by atoms with E-state index in [1.54, 1.807) is 0 Å². The van der Waals surface area contributed by atoms with Crippen LogP contribution in [0.4, 0.5) is 0 Å². The van der Waals surface area contributed by atoms with Crippen LogP contribution in [0.5, 0.6) is 0 Å². The Morgan fingerprint density at radius 3 is 2.67 bits per heavy atom. The molecule has 0 saturated carbocycles. The number of rotatable bonds is 5. The molecular formula is C18H24N2O. The molecule has 0 spiro atoms. The Hall–Kier alpha value is -1.61. The van der Waals surface area contributed by atoms with Gasteiger partial charge in [0.15, 0.2) is 5.78 Å². The van der Waals surface area contributed by atoms with Crippen molar-refractivity contribution < 1.29 is 4.79 Å². The number of carbonyl (C=O) groups is 1. The molecule has 1 aromatic carbocycles. The fraction of sp³-hybridized carbons (Fsp3) is 0.500. The van der Waals surface area contributed by atoms with E-state index in [-0.39, 0.29) is 0 Å². The molecule has 3 rings (SSSR count). The van der Waals surface area contributed by atoms with Crippen molar-refractivity contribution in [2.75, 3.05) is 19.6 Å². The van der Waals surface area contributed by atoms with Crippen molar-refractivity contribution in [1.29, 1.82) is 0 Å². The lowest BCUT2D eigenvalue weighted by Gasteiger charge is -2.20. The summed E-state index contributed by atoms with van der Waals surface area (Å²) in [5.41, 5.74) is 3.49. The van der Waals surface area contributed by atoms with Gasteiger partial charge in [0.1, 0.15) is 0 Å². The molecule has 0 N–H and O–H groups in total. The molecule has 0 unspecified atom stereocenters. The number of aromatic nitrogens is 1. The number of hydrogen-bond acceptors (Lipinski definition) is 2. The number of benzene rings is 1. The van der Waals surface area contributed by atoms with Gasteiger partial charge in [0.25, 0.3) is 0 Å². The standard InChI is InChI=1S/C18H24N2O/c1-3-19(4-2)12-13-20-16-10-6-5-8-14(16)15-9-7-11-17(21)18(15)20/h5-6,8,10H,3-4,7,9,11-13H2,1-2H3. The molecule has 3 heteroatoms. The van der Waals surface area contributed by atoms with Gasteiger partial charge in [-0.2, -0.15) is 0 Å². The van der Waals surface area contributed by atoms with Crippen LogP contribution < -0.4 is 0 Å². The van der Waals surface area contributed by atoms with Gasteiger partial charge in [0.05, 0.1) is 5.69 Å². The van der Waals surface area contributed by atoms with Gasteiger partial charge >= 0.3 is 0 Å². The summed E-state index contributed by atoms with van der Waals surface area (Å²) in [5.74, 6) is 0.326. The minimum absolute atomic E-state index is 0.326. The van der Waals surface area contributed by atoms with Gasteiger partial charge < -0.3 is 9.47 Å². The summed E-state index contributed by atoms with van der Waals surface area (Å²) in [6.45, 7) is 8.42. The van der Waals surface area contributed by atoms with E-state index in [0.717, 1.165) is 44.7 Å². The van der Waals surface area contributed by atoms with E-state index in [2.05, 4.69) is 47.6 Å². The highest BCUT2D eigenvalue weighted by Gasteiger charge is 2.25. The van der Waals surface area contributed by atoms with Crippen LogP contribution in [0.3, 0.4) is 0 Å². The second-order valence-corrected chi connectivity index (χ2v) is 5.80. The number of aryl methyl sites for hydroxylation is 1. The first-order valence-corrected chi connectivity index (χ1v) is 8.11. The van der Waals surface area contributed by atoms with E-state index >= 15 is 0 Å². The Morgan fingerprint density at radius 1 is 1.14 bits per heavy atom. The summed E-state index contributed by atoms with van der Waals surface area (Å²) in [6, 6.07) is 8.48. The number of fused-ring (bicyclic) bond motifs is 3. The molecule has 112 valence electrons. The van der Waals surface area contributed by atoms with Crippen LogP contribution in [0.1, 0.15) is 42.7 Å². The number of nitrogens with zero attached hydrogens (tertiary/aromatic N) is 2. The third-order valence-corrected chi connectivity index (χ3v) is 4.70. The van der Waals surface area contributed by atoms with Crippen LogP contribution in [0.25, 0.3) is 10.9 Å². The maximum absolute atomic E-state index is 12.4. The Labute approximate surface area is 126 Å². The van der Waals surface area contributed by atoms with Crippen LogP contribution in [-0.4, -0.2) is 34.9 Å². The van der Waals surface area contributed by atoms with Gasteiger partial charge in [-0.1, -0.05) is 32.0 Å². The second kappa shape index (κ2) is 6.02. The Kier molecular flexibility index (Phi) is 4.11. The van der Waals surface area contributed by atoms with E-state index in [9.17, 15) is 4.79 Å². The molecule has 0 saturated heterocycles. The topological polar surface area (TPSA) is 25.2 Å². The zero-order chi connectivity index (χ0) is 14.8. The normalized spacial score (nSPS) is 14.9. The zero-order valence-electron chi connectivity index (χ0n) is 13.1. The van der Waals surface area contributed by atoms with Crippen LogP contribution in [0.2, 0.25) is 0 Å². The smallest absolute Gasteiger partial charge is 0.179 e. The van der Waals surface area contributed by atoms with Crippen LogP contribution in [0.15, 0.2) is 24.3 Å². The number of para-hydroxylation sites is 1. The molecule has 0 radical (unpaired) electrons. The molecule has 0 aliphatic heterocycles.